The number of nitro benzene ring substituents is 1. The second kappa shape index (κ2) is 5.96. The van der Waals surface area contributed by atoms with E-state index in [1.165, 1.54) is 6.07 Å². The molecule has 0 aliphatic carbocycles. The van der Waals surface area contributed by atoms with Crippen LogP contribution in [0.4, 0.5) is 10.1 Å². The number of rotatable bonds is 2. The summed E-state index contributed by atoms with van der Waals surface area (Å²) in [5, 5.41) is 10.7. The van der Waals surface area contributed by atoms with Gasteiger partial charge in [0.05, 0.1) is 4.92 Å². The molecule has 1 aliphatic rings. The molecular formula is C13H16FN3O3. The minimum absolute atomic E-state index is 0.155. The van der Waals surface area contributed by atoms with E-state index in [4.69, 9.17) is 0 Å². The van der Waals surface area contributed by atoms with Gasteiger partial charge in [0, 0.05) is 31.3 Å². The highest BCUT2D eigenvalue weighted by atomic mass is 19.1. The number of likely N-dealkylation sites (N-methyl/N-ethyl adjacent to an activating group) is 1. The molecule has 20 heavy (non-hydrogen) atoms. The molecule has 0 unspecified atom stereocenters. The van der Waals surface area contributed by atoms with Crippen LogP contribution in [0.5, 0.6) is 0 Å². The highest BCUT2D eigenvalue weighted by Crippen LogP contribution is 2.20. The molecule has 0 radical (unpaired) electrons. The molecule has 0 aromatic heterocycles. The molecule has 108 valence electrons. The molecule has 1 saturated heterocycles. The lowest BCUT2D eigenvalue weighted by Gasteiger charge is -2.20. The fourth-order valence-corrected chi connectivity index (χ4v) is 2.22. The SMILES string of the molecule is CN1CCCN(C(=O)c2ccc(F)c([N+](=O)[O-])c2)CC1. The lowest BCUT2D eigenvalue weighted by molar-refractivity contribution is -0.387. The predicted octanol–water partition coefficient (Wildman–Crippen LogP) is 1.51. The van der Waals surface area contributed by atoms with Gasteiger partial charge in [-0.05, 0) is 32.1 Å². The van der Waals surface area contributed by atoms with Crippen LogP contribution < -0.4 is 0 Å². The van der Waals surface area contributed by atoms with Gasteiger partial charge in [0.1, 0.15) is 0 Å². The molecule has 1 heterocycles. The number of benzene rings is 1. The second-order valence-corrected chi connectivity index (χ2v) is 4.87. The maximum atomic E-state index is 13.3. The third-order valence-corrected chi connectivity index (χ3v) is 3.40. The van der Waals surface area contributed by atoms with Gasteiger partial charge in [-0.2, -0.15) is 4.39 Å². The van der Waals surface area contributed by atoms with Crippen LogP contribution in [-0.4, -0.2) is 53.9 Å². The van der Waals surface area contributed by atoms with Crippen molar-refractivity contribution in [2.24, 2.45) is 0 Å². The lowest BCUT2D eigenvalue weighted by atomic mass is 10.1. The predicted molar refractivity (Wildman–Crippen MR) is 71.1 cm³/mol. The van der Waals surface area contributed by atoms with Gasteiger partial charge in [0.2, 0.25) is 5.82 Å². The van der Waals surface area contributed by atoms with Gasteiger partial charge in [-0.25, -0.2) is 0 Å². The molecule has 1 fully saturated rings. The number of hydrogen-bond donors (Lipinski definition) is 0. The van der Waals surface area contributed by atoms with Crippen LogP contribution in [0.3, 0.4) is 0 Å². The number of hydrogen-bond acceptors (Lipinski definition) is 4. The fourth-order valence-electron chi connectivity index (χ4n) is 2.22. The number of nitro groups is 1. The van der Waals surface area contributed by atoms with Crippen molar-refractivity contribution in [2.75, 3.05) is 33.2 Å². The summed E-state index contributed by atoms with van der Waals surface area (Å²) in [6, 6.07) is 3.26. The average Bonchev–Trinajstić information content (AvgIpc) is 2.63. The Labute approximate surface area is 115 Å². The van der Waals surface area contributed by atoms with Crippen molar-refractivity contribution in [1.29, 1.82) is 0 Å². The first-order valence-corrected chi connectivity index (χ1v) is 6.41. The summed E-state index contributed by atoms with van der Waals surface area (Å²) in [6.07, 6.45) is 0.853. The Morgan fingerprint density at radius 3 is 2.75 bits per heavy atom. The summed E-state index contributed by atoms with van der Waals surface area (Å²) in [6.45, 7) is 2.84. The summed E-state index contributed by atoms with van der Waals surface area (Å²) in [5.41, 5.74) is -0.509. The molecule has 1 aromatic carbocycles. The van der Waals surface area contributed by atoms with E-state index in [9.17, 15) is 19.3 Å². The molecule has 0 atom stereocenters. The van der Waals surface area contributed by atoms with E-state index >= 15 is 0 Å². The Hall–Kier alpha value is -2.02. The molecule has 1 aliphatic heterocycles. The van der Waals surface area contributed by atoms with Crippen molar-refractivity contribution in [3.8, 4) is 0 Å². The summed E-state index contributed by atoms with van der Waals surface area (Å²) < 4.78 is 13.3. The maximum Gasteiger partial charge on any atom is 0.305 e. The van der Waals surface area contributed by atoms with Crippen LogP contribution in [0.15, 0.2) is 18.2 Å². The number of amides is 1. The van der Waals surface area contributed by atoms with Crippen molar-refractivity contribution in [3.05, 3.63) is 39.7 Å². The second-order valence-electron chi connectivity index (χ2n) is 4.87. The summed E-state index contributed by atoms with van der Waals surface area (Å²) in [5.74, 6) is -1.22. The zero-order valence-electron chi connectivity index (χ0n) is 11.2. The van der Waals surface area contributed by atoms with E-state index < -0.39 is 16.4 Å². The molecule has 7 heteroatoms. The molecule has 6 nitrogen and oxygen atoms in total. The average molecular weight is 281 g/mol. The molecule has 1 amide bonds. The normalized spacial score (nSPS) is 16.8. The van der Waals surface area contributed by atoms with Crippen molar-refractivity contribution < 1.29 is 14.1 Å². The van der Waals surface area contributed by atoms with Crippen LogP contribution >= 0.6 is 0 Å². The van der Waals surface area contributed by atoms with Gasteiger partial charge in [-0.1, -0.05) is 0 Å². The van der Waals surface area contributed by atoms with Crippen LogP contribution in [0.1, 0.15) is 16.8 Å². The fraction of sp³-hybridized carbons (Fsp3) is 0.462. The number of carbonyl (C=O) groups is 1. The van der Waals surface area contributed by atoms with Crippen LogP contribution in [-0.2, 0) is 0 Å². The monoisotopic (exact) mass is 281 g/mol. The summed E-state index contributed by atoms with van der Waals surface area (Å²) >= 11 is 0. The molecule has 0 bridgehead atoms. The van der Waals surface area contributed by atoms with Gasteiger partial charge in [-0.3, -0.25) is 14.9 Å². The Bertz CT molecular complexity index is 536. The lowest BCUT2D eigenvalue weighted by Crippen LogP contribution is -2.34. The van der Waals surface area contributed by atoms with Crippen LogP contribution in [0, 0.1) is 15.9 Å². The Morgan fingerprint density at radius 2 is 2.05 bits per heavy atom. The first-order chi connectivity index (χ1) is 9.49. The molecule has 1 aromatic rings. The summed E-state index contributed by atoms with van der Waals surface area (Å²) in [7, 11) is 1.98. The van der Waals surface area contributed by atoms with Gasteiger partial charge in [0.15, 0.2) is 0 Å². The third-order valence-electron chi connectivity index (χ3n) is 3.40. The minimum Gasteiger partial charge on any atom is -0.337 e. The Balaban J connectivity index is 2.20. The quantitative estimate of drug-likeness (QED) is 0.609. The Kier molecular flexibility index (Phi) is 4.29. The standard InChI is InChI=1S/C13H16FN3O3/c1-15-5-2-6-16(8-7-15)13(18)10-3-4-11(14)12(9-10)17(19)20/h3-4,9H,2,5-8H2,1H3. The molecule has 2 rings (SSSR count). The third kappa shape index (κ3) is 3.11. The van der Waals surface area contributed by atoms with Crippen LogP contribution in [0.25, 0.3) is 0 Å². The number of carbonyl (C=O) groups excluding carboxylic acids is 1. The zero-order valence-corrected chi connectivity index (χ0v) is 11.2. The van der Waals surface area contributed by atoms with Crippen molar-refractivity contribution in [3.63, 3.8) is 0 Å². The van der Waals surface area contributed by atoms with E-state index in [1.807, 2.05) is 7.05 Å². The van der Waals surface area contributed by atoms with E-state index in [-0.39, 0.29) is 11.5 Å². The van der Waals surface area contributed by atoms with Crippen molar-refractivity contribution >= 4 is 11.6 Å². The van der Waals surface area contributed by atoms with E-state index in [0.29, 0.717) is 13.1 Å². The van der Waals surface area contributed by atoms with E-state index in [2.05, 4.69) is 4.90 Å². The smallest absolute Gasteiger partial charge is 0.305 e. The van der Waals surface area contributed by atoms with E-state index in [0.717, 1.165) is 31.6 Å². The van der Waals surface area contributed by atoms with Crippen molar-refractivity contribution in [1.82, 2.24) is 9.80 Å². The summed E-state index contributed by atoms with van der Waals surface area (Å²) in [4.78, 5) is 26.0. The zero-order chi connectivity index (χ0) is 14.7. The highest BCUT2D eigenvalue weighted by molar-refractivity contribution is 5.94. The minimum atomic E-state index is -0.929. The van der Waals surface area contributed by atoms with Crippen molar-refractivity contribution in [2.45, 2.75) is 6.42 Å². The molecular weight excluding hydrogens is 265 g/mol. The Morgan fingerprint density at radius 1 is 1.30 bits per heavy atom. The van der Waals surface area contributed by atoms with Gasteiger partial charge < -0.3 is 9.80 Å². The van der Waals surface area contributed by atoms with Gasteiger partial charge >= 0.3 is 5.69 Å². The number of nitrogens with zero attached hydrogens (tertiary/aromatic N) is 3. The van der Waals surface area contributed by atoms with E-state index in [1.54, 1.807) is 4.90 Å². The highest BCUT2D eigenvalue weighted by Gasteiger charge is 2.22. The first kappa shape index (κ1) is 14.4. The van der Waals surface area contributed by atoms with Crippen LogP contribution in [0.2, 0.25) is 0 Å². The topological polar surface area (TPSA) is 66.7 Å². The largest absolute Gasteiger partial charge is 0.337 e. The molecule has 0 spiro atoms. The number of halogens is 1. The maximum absolute atomic E-state index is 13.3. The molecule has 0 N–H and O–H groups in total. The first-order valence-electron chi connectivity index (χ1n) is 6.41. The molecule has 0 saturated carbocycles. The van der Waals surface area contributed by atoms with Gasteiger partial charge in [-0.15, -0.1) is 0 Å². The van der Waals surface area contributed by atoms with Gasteiger partial charge in [0.25, 0.3) is 5.91 Å².